The Bertz CT molecular complexity index is 728. The molecule has 0 unspecified atom stereocenters. The van der Waals surface area contributed by atoms with Crippen LogP contribution in [0, 0.1) is 0 Å². The summed E-state index contributed by atoms with van der Waals surface area (Å²) in [6.45, 7) is 0. The van der Waals surface area contributed by atoms with Crippen LogP contribution in [-0.2, 0) is 17.1 Å². The Labute approximate surface area is 125 Å². The molecule has 0 atom stereocenters. The van der Waals surface area contributed by atoms with Crippen LogP contribution in [0.2, 0.25) is 15.1 Å². The lowest BCUT2D eigenvalue weighted by molar-refractivity contribution is 0.600. The molecule has 0 saturated carbocycles. The number of aryl methyl sites for hydroxylation is 1. The monoisotopic (exact) mass is 339 g/mol. The van der Waals surface area contributed by atoms with E-state index in [2.05, 4.69) is 9.82 Å². The maximum absolute atomic E-state index is 12.2. The second kappa shape index (κ2) is 5.20. The minimum absolute atomic E-state index is 0.0101. The molecule has 1 heterocycles. The normalized spacial score (nSPS) is 11.6. The average molecular weight is 341 g/mol. The number of benzene rings is 1. The largest absolute Gasteiger partial charge is 0.264 e. The van der Waals surface area contributed by atoms with Crippen LogP contribution in [0.3, 0.4) is 0 Å². The van der Waals surface area contributed by atoms with Gasteiger partial charge in [0.1, 0.15) is 10.7 Å². The van der Waals surface area contributed by atoms with Gasteiger partial charge in [-0.15, -0.1) is 0 Å². The summed E-state index contributed by atoms with van der Waals surface area (Å²) in [6, 6.07) is 4.00. The first-order valence-corrected chi connectivity index (χ1v) is 7.58. The van der Waals surface area contributed by atoms with Crippen LogP contribution in [-0.4, -0.2) is 18.2 Å². The molecule has 0 aliphatic carbocycles. The number of aromatic nitrogens is 2. The third-order valence-corrected chi connectivity index (χ3v) is 4.87. The van der Waals surface area contributed by atoms with Crippen LogP contribution in [0.15, 0.2) is 29.3 Å². The highest BCUT2D eigenvalue weighted by Gasteiger charge is 2.21. The smallest absolute Gasteiger partial charge is 0.264 e. The maximum Gasteiger partial charge on any atom is 0.264 e. The molecule has 2 aromatic rings. The molecule has 0 amide bonds. The van der Waals surface area contributed by atoms with E-state index in [1.807, 2.05) is 0 Å². The Morgan fingerprint density at radius 3 is 2.37 bits per heavy atom. The van der Waals surface area contributed by atoms with Gasteiger partial charge in [-0.1, -0.05) is 34.8 Å². The predicted molar refractivity (Wildman–Crippen MR) is 75.5 cm³/mol. The van der Waals surface area contributed by atoms with E-state index >= 15 is 0 Å². The van der Waals surface area contributed by atoms with Crippen LogP contribution in [0.4, 0.5) is 5.82 Å². The summed E-state index contributed by atoms with van der Waals surface area (Å²) in [5.41, 5.74) is 0. The van der Waals surface area contributed by atoms with Crippen molar-refractivity contribution in [2.75, 3.05) is 4.72 Å². The van der Waals surface area contributed by atoms with Crippen LogP contribution < -0.4 is 4.72 Å². The quantitative estimate of drug-likeness (QED) is 0.873. The molecule has 0 spiro atoms. The summed E-state index contributed by atoms with van der Waals surface area (Å²) in [5.74, 6) is 0.308. The molecule has 0 radical (unpaired) electrons. The summed E-state index contributed by atoms with van der Waals surface area (Å²) in [5, 5.41) is 4.14. The lowest BCUT2D eigenvalue weighted by Crippen LogP contribution is -2.15. The van der Waals surface area contributed by atoms with Gasteiger partial charge in [-0.3, -0.25) is 9.40 Å². The minimum Gasteiger partial charge on any atom is -0.264 e. The molecule has 0 saturated heterocycles. The zero-order valence-electron chi connectivity index (χ0n) is 9.56. The van der Waals surface area contributed by atoms with Crippen LogP contribution in [0.5, 0.6) is 0 Å². The van der Waals surface area contributed by atoms with Gasteiger partial charge in [0.2, 0.25) is 0 Å². The second-order valence-electron chi connectivity index (χ2n) is 3.64. The van der Waals surface area contributed by atoms with Crippen molar-refractivity contribution in [3.05, 3.63) is 39.5 Å². The van der Waals surface area contributed by atoms with Crippen LogP contribution in [0.25, 0.3) is 0 Å². The SMILES string of the molecule is Cn1nccc1NS(=O)(=O)c1cc(Cl)c(Cl)cc1Cl. The number of rotatable bonds is 3. The summed E-state index contributed by atoms with van der Waals surface area (Å²) < 4.78 is 28.1. The van der Waals surface area contributed by atoms with E-state index in [4.69, 9.17) is 34.8 Å². The Kier molecular flexibility index (Phi) is 3.96. The Morgan fingerprint density at radius 2 is 1.79 bits per heavy atom. The van der Waals surface area contributed by atoms with E-state index in [0.29, 0.717) is 5.82 Å². The van der Waals surface area contributed by atoms with Gasteiger partial charge < -0.3 is 0 Å². The van der Waals surface area contributed by atoms with E-state index in [9.17, 15) is 8.42 Å². The Balaban J connectivity index is 2.46. The Hall–Kier alpha value is -0.950. The van der Waals surface area contributed by atoms with Gasteiger partial charge >= 0.3 is 0 Å². The van der Waals surface area contributed by atoms with Crippen LogP contribution >= 0.6 is 34.8 Å². The summed E-state index contributed by atoms with van der Waals surface area (Å²) in [6.07, 6.45) is 1.47. The number of nitrogens with one attached hydrogen (secondary N) is 1. The van der Waals surface area contributed by atoms with Gasteiger partial charge in [0, 0.05) is 13.1 Å². The number of nitrogens with zero attached hydrogens (tertiary/aromatic N) is 2. The van der Waals surface area contributed by atoms with Crippen molar-refractivity contribution >= 4 is 50.6 Å². The molecule has 1 N–H and O–H groups in total. The molecule has 0 aliphatic heterocycles. The van der Waals surface area contributed by atoms with Gasteiger partial charge in [-0.2, -0.15) is 5.10 Å². The van der Waals surface area contributed by atoms with Gasteiger partial charge in [-0.25, -0.2) is 8.42 Å². The van der Waals surface area contributed by atoms with E-state index in [1.165, 1.54) is 29.1 Å². The van der Waals surface area contributed by atoms with E-state index < -0.39 is 10.0 Å². The Morgan fingerprint density at radius 1 is 1.16 bits per heavy atom. The highest BCUT2D eigenvalue weighted by molar-refractivity contribution is 7.92. The number of sulfonamides is 1. The van der Waals surface area contributed by atoms with Crippen molar-refractivity contribution in [3.8, 4) is 0 Å². The number of halogens is 3. The fourth-order valence-corrected chi connectivity index (χ4v) is 3.47. The zero-order valence-corrected chi connectivity index (χ0v) is 12.6. The first kappa shape index (κ1) is 14.5. The third-order valence-electron chi connectivity index (χ3n) is 2.32. The highest BCUT2D eigenvalue weighted by Crippen LogP contribution is 2.32. The number of hydrogen-bond acceptors (Lipinski definition) is 3. The average Bonchev–Trinajstić information content (AvgIpc) is 2.69. The molecular formula is C10H8Cl3N3O2S. The minimum atomic E-state index is -3.86. The second-order valence-corrected chi connectivity index (χ2v) is 6.51. The molecular weight excluding hydrogens is 333 g/mol. The lowest BCUT2D eigenvalue weighted by Gasteiger charge is -2.10. The molecule has 2 rings (SSSR count). The standard InChI is InChI=1S/C10H8Cl3N3O2S/c1-16-10(2-3-14-16)15-19(17,18)9-5-7(12)6(11)4-8(9)13/h2-5,15H,1H3. The molecule has 5 nitrogen and oxygen atoms in total. The molecule has 0 aliphatic rings. The van der Waals surface area contributed by atoms with E-state index in [-0.39, 0.29) is 20.0 Å². The molecule has 0 bridgehead atoms. The topological polar surface area (TPSA) is 64.0 Å². The molecule has 0 fully saturated rings. The lowest BCUT2D eigenvalue weighted by atomic mass is 10.4. The summed E-state index contributed by atoms with van der Waals surface area (Å²) in [7, 11) is -2.26. The van der Waals surface area contributed by atoms with Gasteiger partial charge in [0.25, 0.3) is 10.0 Å². The van der Waals surface area contributed by atoms with Crippen molar-refractivity contribution in [1.29, 1.82) is 0 Å². The molecule has 1 aromatic carbocycles. The van der Waals surface area contributed by atoms with E-state index in [0.717, 1.165) is 0 Å². The third kappa shape index (κ3) is 2.97. The number of hydrogen-bond donors (Lipinski definition) is 1. The fraction of sp³-hybridized carbons (Fsp3) is 0.100. The van der Waals surface area contributed by atoms with Crippen molar-refractivity contribution in [1.82, 2.24) is 9.78 Å². The van der Waals surface area contributed by atoms with Crippen molar-refractivity contribution < 1.29 is 8.42 Å². The molecule has 9 heteroatoms. The zero-order chi connectivity index (χ0) is 14.2. The van der Waals surface area contributed by atoms with Gasteiger partial charge in [0.15, 0.2) is 0 Å². The summed E-state index contributed by atoms with van der Waals surface area (Å²) >= 11 is 17.4. The highest BCUT2D eigenvalue weighted by atomic mass is 35.5. The molecule has 102 valence electrons. The van der Waals surface area contributed by atoms with Crippen molar-refractivity contribution in [3.63, 3.8) is 0 Å². The molecule has 19 heavy (non-hydrogen) atoms. The van der Waals surface area contributed by atoms with Crippen molar-refractivity contribution in [2.24, 2.45) is 7.05 Å². The first-order chi connectivity index (χ1) is 8.81. The molecule has 1 aromatic heterocycles. The maximum atomic E-state index is 12.2. The summed E-state index contributed by atoms with van der Waals surface area (Å²) in [4.78, 5) is -0.148. The van der Waals surface area contributed by atoms with Crippen LogP contribution in [0.1, 0.15) is 0 Å². The predicted octanol–water partition coefficient (Wildman–Crippen LogP) is 3.18. The van der Waals surface area contributed by atoms with E-state index in [1.54, 1.807) is 7.05 Å². The van der Waals surface area contributed by atoms with Crippen molar-refractivity contribution in [2.45, 2.75) is 4.90 Å². The number of anilines is 1. The fourth-order valence-electron chi connectivity index (χ4n) is 1.38. The van der Waals surface area contributed by atoms with Gasteiger partial charge in [0.05, 0.1) is 21.3 Å². The first-order valence-electron chi connectivity index (χ1n) is 4.96. The van der Waals surface area contributed by atoms with Gasteiger partial charge in [-0.05, 0) is 12.1 Å².